The van der Waals surface area contributed by atoms with Crippen molar-refractivity contribution in [1.82, 2.24) is 9.88 Å². The third-order valence-electron chi connectivity index (χ3n) is 2.75. The Morgan fingerprint density at radius 1 is 1.44 bits per heavy atom. The Morgan fingerprint density at radius 2 is 2.06 bits per heavy atom. The molecule has 0 amide bonds. The molecule has 0 unspecified atom stereocenters. The quantitative estimate of drug-likeness (QED) is 0.820. The van der Waals surface area contributed by atoms with Gasteiger partial charge in [-0.15, -0.1) is 0 Å². The highest BCUT2D eigenvalue weighted by atomic mass is 19.3. The maximum atomic E-state index is 12.6. The monoisotopic (exact) mass is 254 g/mol. The van der Waals surface area contributed by atoms with Crippen LogP contribution in [0.4, 0.5) is 8.78 Å². The molecule has 2 rings (SSSR count). The van der Waals surface area contributed by atoms with Gasteiger partial charge < -0.3 is 0 Å². The smallest absolute Gasteiger partial charge is 0.272 e. The van der Waals surface area contributed by atoms with Gasteiger partial charge in [0, 0.05) is 12.7 Å². The van der Waals surface area contributed by atoms with Crippen molar-refractivity contribution in [3.63, 3.8) is 0 Å². The van der Waals surface area contributed by atoms with Crippen molar-refractivity contribution < 1.29 is 8.78 Å². The topological polar surface area (TPSA) is 16.1 Å². The Hall–Kier alpha value is -1.29. The van der Waals surface area contributed by atoms with Crippen LogP contribution in [0.3, 0.4) is 0 Å². The standard InChI is InChI=1S/C12H14F2N2.C2H6/c1-3-11-4-9(2)10(5-15-11)6-16-7-12(13,14)8-16;1-2/h3-5H,1,6-8H2,2H3;1-2H3. The number of halogens is 2. The predicted octanol–water partition coefficient (Wildman–Crippen LogP) is 3.51. The van der Waals surface area contributed by atoms with Crippen LogP contribution in [0.5, 0.6) is 0 Å². The summed E-state index contributed by atoms with van der Waals surface area (Å²) >= 11 is 0. The lowest BCUT2D eigenvalue weighted by Crippen LogP contribution is -2.55. The minimum absolute atomic E-state index is 0.143. The summed E-state index contributed by atoms with van der Waals surface area (Å²) in [6.45, 7) is 9.86. The minimum atomic E-state index is -2.50. The molecule has 0 saturated carbocycles. The number of aromatic nitrogens is 1. The van der Waals surface area contributed by atoms with Crippen molar-refractivity contribution in [2.24, 2.45) is 0 Å². The summed E-state index contributed by atoms with van der Waals surface area (Å²) in [5.41, 5.74) is 2.89. The van der Waals surface area contributed by atoms with Crippen molar-refractivity contribution in [1.29, 1.82) is 0 Å². The summed E-state index contributed by atoms with van der Waals surface area (Å²) in [5.74, 6) is -2.50. The highest BCUT2D eigenvalue weighted by Gasteiger charge is 2.43. The van der Waals surface area contributed by atoms with E-state index < -0.39 is 5.92 Å². The maximum absolute atomic E-state index is 12.6. The lowest BCUT2D eigenvalue weighted by Gasteiger charge is -2.38. The summed E-state index contributed by atoms with van der Waals surface area (Å²) in [6, 6.07) is 1.92. The van der Waals surface area contributed by atoms with Crippen molar-refractivity contribution in [3.8, 4) is 0 Å². The highest BCUT2D eigenvalue weighted by molar-refractivity contribution is 5.44. The molecule has 2 heterocycles. The third kappa shape index (κ3) is 3.60. The normalized spacial score (nSPS) is 17.4. The molecule has 1 aromatic heterocycles. The molecule has 4 heteroatoms. The highest BCUT2D eigenvalue weighted by Crippen LogP contribution is 2.28. The zero-order chi connectivity index (χ0) is 13.8. The first-order valence-electron chi connectivity index (χ1n) is 6.18. The molecule has 0 radical (unpaired) electrons. The summed E-state index contributed by atoms with van der Waals surface area (Å²) in [6.07, 6.45) is 3.41. The number of aryl methyl sites for hydroxylation is 1. The summed E-state index contributed by atoms with van der Waals surface area (Å²) in [7, 11) is 0. The van der Waals surface area contributed by atoms with Crippen LogP contribution in [0.1, 0.15) is 30.7 Å². The van der Waals surface area contributed by atoms with Crippen molar-refractivity contribution >= 4 is 6.08 Å². The number of pyridine rings is 1. The fourth-order valence-corrected chi connectivity index (χ4v) is 1.84. The van der Waals surface area contributed by atoms with Gasteiger partial charge in [-0.3, -0.25) is 9.88 Å². The number of likely N-dealkylation sites (tertiary alicyclic amines) is 1. The summed E-state index contributed by atoms with van der Waals surface area (Å²) in [5, 5.41) is 0. The van der Waals surface area contributed by atoms with Crippen LogP contribution in [0.2, 0.25) is 0 Å². The fraction of sp³-hybridized carbons (Fsp3) is 0.500. The molecule has 2 nitrogen and oxygen atoms in total. The Bertz CT molecular complexity index is 408. The fourth-order valence-electron chi connectivity index (χ4n) is 1.84. The Balaban J connectivity index is 0.000000771. The molecule has 1 fully saturated rings. The molecule has 0 bridgehead atoms. The van der Waals surface area contributed by atoms with E-state index in [-0.39, 0.29) is 13.1 Å². The van der Waals surface area contributed by atoms with E-state index >= 15 is 0 Å². The van der Waals surface area contributed by atoms with Crippen LogP contribution in [0.25, 0.3) is 6.08 Å². The first-order valence-corrected chi connectivity index (χ1v) is 6.18. The average Bonchev–Trinajstić information content (AvgIpc) is 2.32. The molecule has 0 atom stereocenters. The van der Waals surface area contributed by atoms with E-state index in [2.05, 4.69) is 11.6 Å². The lowest BCUT2D eigenvalue weighted by atomic mass is 10.1. The zero-order valence-electron chi connectivity index (χ0n) is 11.2. The summed E-state index contributed by atoms with van der Waals surface area (Å²) < 4.78 is 25.3. The van der Waals surface area contributed by atoms with E-state index in [0.29, 0.717) is 6.54 Å². The molecule has 0 aromatic carbocycles. The van der Waals surface area contributed by atoms with Gasteiger partial charge in [0.05, 0.1) is 18.8 Å². The van der Waals surface area contributed by atoms with E-state index in [4.69, 9.17) is 0 Å². The van der Waals surface area contributed by atoms with E-state index in [9.17, 15) is 8.78 Å². The van der Waals surface area contributed by atoms with E-state index in [1.54, 1.807) is 17.2 Å². The van der Waals surface area contributed by atoms with Gasteiger partial charge in [0.15, 0.2) is 0 Å². The van der Waals surface area contributed by atoms with Crippen molar-refractivity contribution in [2.45, 2.75) is 33.2 Å². The predicted molar refractivity (Wildman–Crippen MR) is 70.6 cm³/mol. The second-order valence-electron chi connectivity index (χ2n) is 4.24. The van der Waals surface area contributed by atoms with Gasteiger partial charge in [-0.1, -0.05) is 20.4 Å². The van der Waals surface area contributed by atoms with Crippen LogP contribution in [-0.4, -0.2) is 28.9 Å². The first-order chi connectivity index (χ1) is 8.50. The van der Waals surface area contributed by atoms with Crippen LogP contribution in [0.15, 0.2) is 18.8 Å². The Kier molecular flexibility index (Phi) is 4.96. The van der Waals surface area contributed by atoms with Crippen LogP contribution < -0.4 is 0 Å². The second kappa shape index (κ2) is 6.05. The molecule has 1 aliphatic heterocycles. The molecular formula is C14H20F2N2. The minimum Gasteiger partial charge on any atom is -0.287 e. The van der Waals surface area contributed by atoms with Gasteiger partial charge in [-0.25, -0.2) is 8.78 Å². The molecule has 1 saturated heterocycles. The van der Waals surface area contributed by atoms with E-state index in [1.807, 2.05) is 26.8 Å². The molecule has 0 aliphatic carbocycles. The average molecular weight is 254 g/mol. The number of nitrogens with zero attached hydrogens (tertiary/aromatic N) is 2. The van der Waals surface area contributed by atoms with E-state index in [0.717, 1.165) is 16.8 Å². The molecule has 0 spiro atoms. The number of hydrogen-bond donors (Lipinski definition) is 0. The molecular weight excluding hydrogens is 234 g/mol. The molecule has 1 aromatic rings. The Labute approximate surface area is 107 Å². The first kappa shape index (κ1) is 14.8. The van der Waals surface area contributed by atoms with Gasteiger partial charge in [0.1, 0.15) is 0 Å². The van der Waals surface area contributed by atoms with Crippen molar-refractivity contribution in [2.75, 3.05) is 13.1 Å². The second-order valence-corrected chi connectivity index (χ2v) is 4.24. The number of rotatable bonds is 3. The van der Waals surface area contributed by atoms with Crippen LogP contribution in [0, 0.1) is 6.92 Å². The van der Waals surface area contributed by atoms with Gasteiger partial charge >= 0.3 is 0 Å². The third-order valence-corrected chi connectivity index (χ3v) is 2.75. The molecule has 0 N–H and O–H groups in total. The molecule has 100 valence electrons. The van der Waals surface area contributed by atoms with Gasteiger partial charge in [0.2, 0.25) is 0 Å². The molecule has 18 heavy (non-hydrogen) atoms. The van der Waals surface area contributed by atoms with Crippen LogP contribution >= 0.6 is 0 Å². The van der Waals surface area contributed by atoms with E-state index in [1.165, 1.54) is 0 Å². The SMILES string of the molecule is C=Cc1cc(C)c(CN2CC(F)(F)C2)cn1.CC. The lowest BCUT2D eigenvalue weighted by molar-refractivity contribution is -0.133. The van der Waals surface area contributed by atoms with Gasteiger partial charge in [-0.05, 0) is 30.2 Å². The van der Waals surface area contributed by atoms with Gasteiger partial charge in [-0.2, -0.15) is 0 Å². The van der Waals surface area contributed by atoms with Gasteiger partial charge in [0.25, 0.3) is 5.92 Å². The summed E-state index contributed by atoms with van der Waals surface area (Å²) in [4.78, 5) is 5.89. The van der Waals surface area contributed by atoms with Crippen molar-refractivity contribution in [3.05, 3.63) is 35.7 Å². The molecule has 1 aliphatic rings. The zero-order valence-corrected chi connectivity index (χ0v) is 11.2. The largest absolute Gasteiger partial charge is 0.287 e. The number of alkyl halides is 2. The number of hydrogen-bond acceptors (Lipinski definition) is 2. The maximum Gasteiger partial charge on any atom is 0.272 e. The Morgan fingerprint density at radius 3 is 2.50 bits per heavy atom. The van der Waals surface area contributed by atoms with Crippen LogP contribution in [-0.2, 0) is 6.54 Å².